The summed E-state index contributed by atoms with van der Waals surface area (Å²) in [5.74, 6) is 1.02. The van der Waals surface area contributed by atoms with Crippen LogP contribution in [-0.2, 0) is 0 Å². The first kappa shape index (κ1) is 6.66. The molecule has 0 spiro atoms. The molecule has 2 saturated heterocycles. The van der Waals surface area contributed by atoms with Crippen molar-refractivity contribution in [1.82, 2.24) is 4.90 Å². The largest absolute Gasteiger partial charge is 0.300 e. The van der Waals surface area contributed by atoms with Gasteiger partial charge in [-0.2, -0.15) is 0 Å². The summed E-state index contributed by atoms with van der Waals surface area (Å²) in [4.78, 5) is 2.58. The van der Waals surface area contributed by atoms with Gasteiger partial charge in [-0.15, -0.1) is 0 Å². The van der Waals surface area contributed by atoms with Crippen LogP contribution in [0.5, 0.6) is 0 Å². The van der Waals surface area contributed by atoms with Crippen LogP contribution in [0.2, 0.25) is 0 Å². The lowest BCUT2D eigenvalue weighted by molar-refractivity contribution is 0.0184. The summed E-state index contributed by atoms with van der Waals surface area (Å²) in [7, 11) is 2.29. The molecule has 3 rings (SSSR count). The summed E-state index contributed by atoms with van der Waals surface area (Å²) in [5, 5.41) is 0. The zero-order valence-corrected chi connectivity index (χ0v) is 7.01. The van der Waals surface area contributed by atoms with Gasteiger partial charge in [0, 0.05) is 12.1 Å². The van der Waals surface area contributed by atoms with Gasteiger partial charge < -0.3 is 4.90 Å². The number of hydrogen-bond donors (Lipinski definition) is 0. The Bertz CT molecular complexity index is 105. The van der Waals surface area contributed by atoms with Gasteiger partial charge in [0.2, 0.25) is 0 Å². The number of rotatable bonds is 0. The Balaban J connectivity index is 2.13. The first-order valence-corrected chi connectivity index (χ1v) is 4.51. The highest BCUT2D eigenvalue weighted by Gasteiger charge is 2.36. The van der Waals surface area contributed by atoms with Gasteiger partial charge in [-0.25, -0.2) is 0 Å². The molecule has 0 aromatic heterocycles. The first-order valence-electron chi connectivity index (χ1n) is 4.51. The van der Waals surface area contributed by atoms with Crippen molar-refractivity contribution in [1.29, 1.82) is 0 Å². The van der Waals surface area contributed by atoms with E-state index < -0.39 is 0 Å². The van der Waals surface area contributed by atoms with E-state index in [0.29, 0.717) is 0 Å². The molecule has 0 radical (unpaired) electrons. The minimum absolute atomic E-state index is 0.868. The van der Waals surface area contributed by atoms with Gasteiger partial charge in [-0.05, 0) is 45.6 Å². The Morgan fingerprint density at radius 3 is 2.00 bits per heavy atom. The fourth-order valence-electron chi connectivity index (χ4n) is 2.66. The van der Waals surface area contributed by atoms with Gasteiger partial charge >= 0.3 is 0 Å². The predicted octanol–water partition coefficient (Wildman–Crippen LogP) is 1.88. The standard InChI is InChI=1S/C9H17N/c1-7-8-3-5-9(6-4-8)10(7)2/h7-9H,3-6H2,1-2H3. The van der Waals surface area contributed by atoms with E-state index in [1.807, 2.05) is 0 Å². The fourth-order valence-corrected chi connectivity index (χ4v) is 2.66. The molecule has 2 bridgehead atoms. The maximum Gasteiger partial charge on any atom is 0.00953 e. The molecule has 2 aliphatic heterocycles. The number of piperidine rings is 2. The molecule has 2 heterocycles. The van der Waals surface area contributed by atoms with Crippen molar-refractivity contribution < 1.29 is 0 Å². The van der Waals surface area contributed by atoms with Crippen LogP contribution in [-0.4, -0.2) is 24.0 Å². The van der Waals surface area contributed by atoms with E-state index in [4.69, 9.17) is 0 Å². The molecule has 58 valence electrons. The third-order valence-corrected chi connectivity index (χ3v) is 3.64. The summed E-state index contributed by atoms with van der Waals surface area (Å²) in [6, 6.07) is 1.80. The highest BCUT2D eigenvalue weighted by atomic mass is 15.2. The van der Waals surface area contributed by atoms with Crippen molar-refractivity contribution in [3.05, 3.63) is 0 Å². The van der Waals surface area contributed by atoms with E-state index in [-0.39, 0.29) is 0 Å². The molecule has 0 aromatic rings. The molecule has 0 amide bonds. The van der Waals surface area contributed by atoms with Crippen molar-refractivity contribution in [2.75, 3.05) is 7.05 Å². The van der Waals surface area contributed by atoms with Crippen LogP contribution >= 0.6 is 0 Å². The van der Waals surface area contributed by atoms with Crippen LogP contribution in [0.15, 0.2) is 0 Å². The summed E-state index contributed by atoms with van der Waals surface area (Å²) in [5.41, 5.74) is 0. The van der Waals surface area contributed by atoms with Crippen molar-refractivity contribution >= 4 is 0 Å². The van der Waals surface area contributed by atoms with Gasteiger partial charge in [0.15, 0.2) is 0 Å². The molecule has 0 aromatic carbocycles. The van der Waals surface area contributed by atoms with Gasteiger partial charge in [0.05, 0.1) is 0 Å². The second kappa shape index (κ2) is 2.23. The van der Waals surface area contributed by atoms with Crippen molar-refractivity contribution in [3.8, 4) is 0 Å². The van der Waals surface area contributed by atoms with Crippen molar-refractivity contribution in [2.45, 2.75) is 44.7 Å². The fraction of sp³-hybridized carbons (Fsp3) is 1.00. The Labute approximate surface area is 63.4 Å². The molecule has 1 nitrogen and oxygen atoms in total. The molecular formula is C9H17N. The molecule has 10 heavy (non-hydrogen) atoms. The van der Waals surface area contributed by atoms with Crippen molar-refractivity contribution in [3.63, 3.8) is 0 Å². The summed E-state index contributed by atoms with van der Waals surface area (Å²) in [6.45, 7) is 2.38. The van der Waals surface area contributed by atoms with Crippen LogP contribution in [0.1, 0.15) is 32.6 Å². The molecule has 1 saturated carbocycles. The average molecular weight is 139 g/mol. The maximum absolute atomic E-state index is 2.58. The van der Waals surface area contributed by atoms with Crippen LogP contribution in [0.3, 0.4) is 0 Å². The van der Waals surface area contributed by atoms with Crippen molar-refractivity contribution in [2.24, 2.45) is 5.92 Å². The lowest BCUT2D eigenvalue weighted by Gasteiger charge is -2.48. The first-order chi connectivity index (χ1) is 4.79. The number of fused-ring (bicyclic) bond motifs is 3. The molecular weight excluding hydrogens is 122 g/mol. The molecule has 1 atom stereocenters. The second-order valence-corrected chi connectivity index (χ2v) is 3.97. The maximum atomic E-state index is 2.58. The Morgan fingerprint density at radius 2 is 1.70 bits per heavy atom. The summed E-state index contributed by atoms with van der Waals surface area (Å²) in [6.07, 6.45) is 5.92. The Hall–Kier alpha value is -0.0400. The average Bonchev–Trinajstić information content (AvgIpc) is 2.00. The zero-order valence-electron chi connectivity index (χ0n) is 7.01. The van der Waals surface area contributed by atoms with Crippen LogP contribution in [0.4, 0.5) is 0 Å². The molecule has 3 fully saturated rings. The van der Waals surface area contributed by atoms with Gasteiger partial charge in [-0.3, -0.25) is 0 Å². The third-order valence-electron chi connectivity index (χ3n) is 3.64. The van der Waals surface area contributed by atoms with Gasteiger partial charge in [0.25, 0.3) is 0 Å². The van der Waals surface area contributed by atoms with E-state index in [1.54, 1.807) is 0 Å². The Kier molecular flexibility index (Phi) is 1.48. The minimum Gasteiger partial charge on any atom is -0.300 e. The van der Waals surface area contributed by atoms with Crippen LogP contribution in [0, 0.1) is 5.92 Å². The normalized spacial score (nSPS) is 48.0. The van der Waals surface area contributed by atoms with E-state index in [2.05, 4.69) is 18.9 Å². The zero-order chi connectivity index (χ0) is 7.14. The van der Waals surface area contributed by atoms with Gasteiger partial charge in [-0.1, -0.05) is 0 Å². The molecule has 1 heteroatoms. The summed E-state index contributed by atoms with van der Waals surface area (Å²) >= 11 is 0. The third kappa shape index (κ3) is 0.800. The molecule has 1 aliphatic carbocycles. The Morgan fingerprint density at radius 1 is 1.10 bits per heavy atom. The highest BCUT2D eigenvalue weighted by molar-refractivity contribution is 4.91. The SMILES string of the molecule is CC1C2CCC(CC2)N1C. The quantitative estimate of drug-likeness (QED) is 0.495. The lowest BCUT2D eigenvalue weighted by atomic mass is 9.76. The molecule has 0 N–H and O–H groups in total. The van der Waals surface area contributed by atoms with E-state index >= 15 is 0 Å². The van der Waals surface area contributed by atoms with E-state index in [1.165, 1.54) is 25.7 Å². The topological polar surface area (TPSA) is 3.24 Å². The van der Waals surface area contributed by atoms with E-state index in [9.17, 15) is 0 Å². The highest BCUT2D eigenvalue weighted by Crippen LogP contribution is 2.37. The number of hydrogen-bond acceptors (Lipinski definition) is 1. The molecule has 3 aliphatic rings. The smallest absolute Gasteiger partial charge is 0.00953 e. The minimum atomic E-state index is 0.868. The second-order valence-electron chi connectivity index (χ2n) is 3.97. The van der Waals surface area contributed by atoms with Crippen LogP contribution in [0.25, 0.3) is 0 Å². The monoisotopic (exact) mass is 139 g/mol. The summed E-state index contributed by atoms with van der Waals surface area (Å²) < 4.78 is 0. The number of nitrogens with zero attached hydrogens (tertiary/aromatic N) is 1. The predicted molar refractivity (Wildman–Crippen MR) is 43.0 cm³/mol. The van der Waals surface area contributed by atoms with E-state index in [0.717, 1.165) is 18.0 Å². The molecule has 1 unspecified atom stereocenters. The lowest BCUT2D eigenvalue weighted by Crippen LogP contribution is -2.51. The van der Waals surface area contributed by atoms with Gasteiger partial charge in [0.1, 0.15) is 0 Å². The van der Waals surface area contributed by atoms with Crippen LogP contribution < -0.4 is 0 Å².